The minimum Gasteiger partial charge on any atom is -0.0837 e. The maximum atomic E-state index is 7.00. The Bertz CT molecular complexity index is 949. The van der Waals surface area contributed by atoms with Gasteiger partial charge in [-0.25, -0.2) is 0 Å². The topological polar surface area (TPSA) is 0 Å². The van der Waals surface area contributed by atoms with Gasteiger partial charge in [0, 0.05) is 5.02 Å². The van der Waals surface area contributed by atoms with Crippen LogP contribution in [0.4, 0.5) is 0 Å². The van der Waals surface area contributed by atoms with Crippen molar-refractivity contribution in [3.63, 3.8) is 0 Å². The molecule has 0 amide bonds. The number of benzene rings is 3. The van der Waals surface area contributed by atoms with Gasteiger partial charge in [0.1, 0.15) is 0 Å². The lowest BCUT2D eigenvalue weighted by molar-refractivity contribution is 0.828. The van der Waals surface area contributed by atoms with Crippen molar-refractivity contribution in [1.82, 2.24) is 0 Å². The SMILES string of the molecule is CC(C)c1cc(Cc2c[c]cc(Cc3cc(C(C)C)cc(C(C)C)c3)c2Cl)cc(C(C)C)c1. The molecule has 1 heteroatoms. The maximum Gasteiger partial charge on any atom is 0.0477 e. The first-order chi connectivity index (χ1) is 15.5. The van der Waals surface area contributed by atoms with Crippen LogP contribution in [0.25, 0.3) is 0 Å². The molecule has 0 aromatic heterocycles. The van der Waals surface area contributed by atoms with Crippen molar-refractivity contribution in [2.75, 3.05) is 0 Å². The smallest absolute Gasteiger partial charge is 0.0477 e. The van der Waals surface area contributed by atoms with Gasteiger partial charge in [0.05, 0.1) is 0 Å². The average molecular weight is 460 g/mol. The molecule has 0 aliphatic heterocycles. The van der Waals surface area contributed by atoms with E-state index < -0.39 is 0 Å². The molecule has 0 aliphatic carbocycles. The third kappa shape index (κ3) is 6.51. The quantitative estimate of drug-likeness (QED) is 0.314. The molecule has 3 aromatic carbocycles. The van der Waals surface area contributed by atoms with Crippen molar-refractivity contribution in [3.05, 3.63) is 104 Å². The zero-order chi connectivity index (χ0) is 24.3. The van der Waals surface area contributed by atoms with Crippen LogP contribution < -0.4 is 0 Å². The van der Waals surface area contributed by atoms with E-state index in [1.807, 2.05) is 0 Å². The van der Waals surface area contributed by atoms with E-state index in [4.69, 9.17) is 11.6 Å². The first-order valence-electron chi connectivity index (χ1n) is 12.5. The van der Waals surface area contributed by atoms with Crippen LogP contribution in [-0.4, -0.2) is 0 Å². The largest absolute Gasteiger partial charge is 0.0837 e. The molecule has 33 heavy (non-hydrogen) atoms. The predicted molar refractivity (Wildman–Crippen MR) is 145 cm³/mol. The van der Waals surface area contributed by atoms with Gasteiger partial charge in [0.25, 0.3) is 0 Å². The number of hydrogen-bond acceptors (Lipinski definition) is 0. The molecule has 1 radical (unpaired) electrons. The van der Waals surface area contributed by atoms with Crippen LogP contribution >= 0.6 is 11.6 Å². The van der Waals surface area contributed by atoms with Crippen LogP contribution in [0.5, 0.6) is 0 Å². The second kappa shape index (κ2) is 10.9. The molecule has 0 bridgehead atoms. The third-order valence-corrected chi connectivity index (χ3v) is 7.10. The van der Waals surface area contributed by atoms with Crippen LogP contribution in [0.3, 0.4) is 0 Å². The van der Waals surface area contributed by atoms with Gasteiger partial charge in [-0.3, -0.25) is 0 Å². The summed E-state index contributed by atoms with van der Waals surface area (Å²) in [6, 6.07) is 21.6. The fourth-order valence-electron chi connectivity index (χ4n) is 4.30. The zero-order valence-electron chi connectivity index (χ0n) is 21.7. The molecular weight excluding hydrogens is 420 g/mol. The van der Waals surface area contributed by atoms with Gasteiger partial charge in [-0.2, -0.15) is 0 Å². The molecule has 175 valence electrons. The lowest BCUT2D eigenvalue weighted by atomic mass is 9.89. The van der Waals surface area contributed by atoms with E-state index >= 15 is 0 Å². The van der Waals surface area contributed by atoms with Gasteiger partial charge in [-0.05, 0) is 99.2 Å². The van der Waals surface area contributed by atoms with Crippen LogP contribution in [0.1, 0.15) is 124 Å². The molecule has 0 saturated heterocycles. The predicted octanol–water partition coefficient (Wildman–Crippen LogP) is 9.82. The van der Waals surface area contributed by atoms with Gasteiger partial charge in [-0.1, -0.05) is 103 Å². The average Bonchev–Trinajstić information content (AvgIpc) is 2.76. The van der Waals surface area contributed by atoms with Crippen molar-refractivity contribution in [2.45, 2.75) is 91.9 Å². The summed E-state index contributed by atoms with van der Waals surface area (Å²) in [6.07, 6.45) is 1.68. The number of hydrogen-bond donors (Lipinski definition) is 0. The van der Waals surface area contributed by atoms with Crippen molar-refractivity contribution in [3.8, 4) is 0 Å². The van der Waals surface area contributed by atoms with Crippen LogP contribution in [0.15, 0.2) is 48.5 Å². The fraction of sp³-hybridized carbons (Fsp3) is 0.438. The summed E-state index contributed by atoms with van der Waals surface area (Å²) in [6.45, 7) is 18.1. The molecular formula is C32H40Cl. The van der Waals surface area contributed by atoms with Crippen molar-refractivity contribution >= 4 is 11.6 Å². The van der Waals surface area contributed by atoms with E-state index in [2.05, 4.69) is 110 Å². The van der Waals surface area contributed by atoms with Crippen LogP contribution in [0.2, 0.25) is 5.02 Å². The highest BCUT2D eigenvalue weighted by molar-refractivity contribution is 6.32. The minimum atomic E-state index is 0.513. The molecule has 0 N–H and O–H groups in total. The van der Waals surface area contributed by atoms with Gasteiger partial charge < -0.3 is 0 Å². The van der Waals surface area contributed by atoms with E-state index in [0.717, 1.165) is 29.0 Å². The Hall–Kier alpha value is -2.05. The zero-order valence-corrected chi connectivity index (χ0v) is 22.5. The van der Waals surface area contributed by atoms with E-state index in [1.54, 1.807) is 0 Å². The summed E-state index contributed by atoms with van der Waals surface area (Å²) in [7, 11) is 0. The van der Waals surface area contributed by atoms with E-state index in [0.29, 0.717) is 23.7 Å². The Labute approximate surface area is 207 Å². The second-order valence-electron chi connectivity index (χ2n) is 10.8. The van der Waals surface area contributed by atoms with E-state index in [-0.39, 0.29) is 0 Å². The van der Waals surface area contributed by atoms with Crippen molar-refractivity contribution in [2.24, 2.45) is 0 Å². The Morgan fingerprint density at radius 1 is 0.545 bits per heavy atom. The normalized spacial score (nSPS) is 11.9. The monoisotopic (exact) mass is 459 g/mol. The molecule has 0 nitrogen and oxygen atoms in total. The van der Waals surface area contributed by atoms with Gasteiger partial charge in [-0.15, -0.1) is 0 Å². The van der Waals surface area contributed by atoms with Crippen molar-refractivity contribution < 1.29 is 0 Å². The summed E-state index contributed by atoms with van der Waals surface area (Å²) >= 11 is 7.00. The van der Waals surface area contributed by atoms with E-state index in [9.17, 15) is 0 Å². The van der Waals surface area contributed by atoms with Gasteiger partial charge in [0.15, 0.2) is 0 Å². The van der Waals surface area contributed by atoms with E-state index in [1.165, 1.54) is 33.4 Å². The third-order valence-electron chi connectivity index (χ3n) is 6.61. The highest BCUT2D eigenvalue weighted by Gasteiger charge is 2.13. The highest BCUT2D eigenvalue weighted by Crippen LogP contribution is 2.30. The van der Waals surface area contributed by atoms with Crippen LogP contribution in [0, 0.1) is 6.07 Å². The molecule has 0 saturated carbocycles. The Morgan fingerprint density at radius 3 is 1.12 bits per heavy atom. The maximum absolute atomic E-state index is 7.00. The first kappa shape index (κ1) is 25.6. The second-order valence-corrected chi connectivity index (χ2v) is 11.2. The Balaban J connectivity index is 1.94. The molecule has 0 heterocycles. The summed E-state index contributed by atoms with van der Waals surface area (Å²) in [5.74, 6) is 2.05. The summed E-state index contributed by atoms with van der Waals surface area (Å²) in [4.78, 5) is 0. The van der Waals surface area contributed by atoms with Crippen molar-refractivity contribution in [1.29, 1.82) is 0 Å². The molecule has 0 aliphatic rings. The standard InChI is InChI=1S/C32H40Cl/c1-20(2)28-14-24(15-29(18-28)21(3)4)12-26-10-9-11-27(32(26)33)13-25-16-30(22(5)6)19-31(17-25)23(7)8/h10-11,14-23H,12-13H2,1-8H3. The summed E-state index contributed by atoms with van der Waals surface area (Å²) < 4.78 is 0. The summed E-state index contributed by atoms with van der Waals surface area (Å²) in [5, 5.41) is 0.885. The number of halogens is 1. The fourth-order valence-corrected chi connectivity index (χ4v) is 4.54. The van der Waals surface area contributed by atoms with Gasteiger partial charge >= 0.3 is 0 Å². The molecule has 0 spiro atoms. The highest BCUT2D eigenvalue weighted by atomic mass is 35.5. The molecule has 0 unspecified atom stereocenters. The van der Waals surface area contributed by atoms with Gasteiger partial charge in [0.2, 0.25) is 0 Å². The summed E-state index contributed by atoms with van der Waals surface area (Å²) in [5.41, 5.74) is 10.6. The molecule has 3 rings (SSSR count). The molecule has 0 atom stereocenters. The molecule has 3 aromatic rings. The Kier molecular flexibility index (Phi) is 8.46. The van der Waals surface area contributed by atoms with Crippen LogP contribution in [-0.2, 0) is 12.8 Å². The lowest BCUT2D eigenvalue weighted by Gasteiger charge is -2.17. The number of rotatable bonds is 8. The molecule has 0 fully saturated rings. The Morgan fingerprint density at radius 2 is 0.848 bits per heavy atom. The minimum absolute atomic E-state index is 0.513. The lowest BCUT2D eigenvalue weighted by Crippen LogP contribution is -2.01. The first-order valence-corrected chi connectivity index (χ1v) is 12.9.